The quantitative estimate of drug-likeness (QED) is 0.773. The largest absolute Gasteiger partial charge is 0.324 e. The van der Waals surface area contributed by atoms with Gasteiger partial charge in [0.2, 0.25) is 5.91 Å². The maximum Gasteiger partial charge on any atom is 0.224 e. The minimum Gasteiger partial charge on any atom is -0.324 e. The number of hydrogen-bond donors (Lipinski definition) is 1. The van der Waals surface area contributed by atoms with Gasteiger partial charge < -0.3 is 5.32 Å². The maximum atomic E-state index is 13.5. The molecule has 0 aliphatic heterocycles. The van der Waals surface area contributed by atoms with Crippen LogP contribution >= 0.6 is 11.3 Å². The van der Waals surface area contributed by atoms with Crippen LogP contribution in [0.15, 0.2) is 54.2 Å². The third-order valence-corrected chi connectivity index (χ3v) is 4.15. The molecule has 2 aromatic heterocycles. The Kier molecular flexibility index (Phi) is 4.73. The van der Waals surface area contributed by atoms with Crippen LogP contribution in [0, 0.1) is 5.82 Å². The average Bonchev–Trinajstić information content (AvgIpc) is 3.05. The third-order valence-electron chi connectivity index (χ3n) is 3.24. The van der Waals surface area contributed by atoms with Gasteiger partial charge in [-0.05, 0) is 24.3 Å². The molecule has 2 heterocycles. The Balaban J connectivity index is 1.58. The molecule has 0 radical (unpaired) electrons. The van der Waals surface area contributed by atoms with Gasteiger partial charge in [0, 0.05) is 36.2 Å². The van der Waals surface area contributed by atoms with Gasteiger partial charge in [0.05, 0.1) is 16.4 Å². The highest BCUT2D eigenvalue weighted by atomic mass is 32.1. The first-order valence-corrected chi connectivity index (χ1v) is 7.99. The van der Waals surface area contributed by atoms with Crippen molar-refractivity contribution >= 4 is 22.9 Å². The number of thiazole rings is 1. The van der Waals surface area contributed by atoms with Crippen molar-refractivity contribution in [3.63, 3.8) is 0 Å². The molecule has 0 fully saturated rings. The number of nitrogens with one attached hydrogen (secondary N) is 1. The number of hydrogen-bond acceptors (Lipinski definition) is 4. The summed E-state index contributed by atoms with van der Waals surface area (Å²) < 4.78 is 13.5. The third kappa shape index (κ3) is 3.98. The van der Waals surface area contributed by atoms with Crippen molar-refractivity contribution in [2.75, 3.05) is 5.32 Å². The van der Waals surface area contributed by atoms with Crippen LogP contribution in [0.25, 0.3) is 11.3 Å². The minimum atomic E-state index is -0.435. The molecule has 116 valence electrons. The SMILES string of the molecule is O=C(CCc1nc(-c2ccncc2)cs1)Nc1ccccc1F. The standard InChI is InChI=1S/C17H14FN3OS/c18-13-3-1-2-4-14(13)20-16(22)5-6-17-21-15(11-23-17)12-7-9-19-10-8-12/h1-4,7-11H,5-6H2,(H,20,22). The molecule has 6 heteroatoms. The van der Waals surface area contributed by atoms with Crippen molar-refractivity contribution in [1.29, 1.82) is 0 Å². The van der Waals surface area contributed by atoms with E-state index in [1.807, 2.05) is 17.5 Å². The molecule has 3 rings (SSSR count). The second-order valence-electron chi connectivity index (χ2n) is 4.89. The van der Waals surface area contributed by atoms with Crippen LogP contribution in [0.1, 0.15) is 11.4 Å². The summed E-state index contributed by atoms with van der Waals surface area (Å²) >= 11 is 1.51. The average molecular weight is 327 g/mol. The Bertz CT molecular complexity index is 804. The van der Waals surface area contributed by atoms with Gasteiger partial charge in [0.25, 0.3) is 0 Å². The molecule has 4 nitrogen and oxygen atoms in total. The molecular weight excluding hydrogens is 313 g/mol. The number of amides is 1. The summed E-state index contributed by atoms with van der Waals surface area (Å²) in [6.07, 6.45) is 4.22. The van der Waals surface area contributed by atoms with E-state index in [0.717, 1.165) is 16.3 Å². The lowest BCUT2D eigenvalue weighted by molar-refractivity contribution is -0.116. The van der Waals surface area contributed by atoms with Gasteiger partial charge >= 0.3 is 0 Å². The van der Waals surface area contributed by atoms with E-state index in [4.69, 9.17) is 0 Å². The van der Waals surface area contributed by atoms with Crippen molar-refractivity contribution in [2.45, 2.75) is 12.8 Å². The summed E-state index contributed by atoms with van der Waals surface area (Å²) in [5, 5.41) is 5.41. The fraction of sp³-hybridized carbons (Fsp3) is 0.118. The molecule has 3 aromatic rings. The van der Waals surface area contributed by atoms with Crippen molar-refractivity contribution in [3.8, 4) is 11.3 Å². The van der Waals surface area contributed by atoms with Gasteiger partial charge in [-0.15, -0.1) is 11.3 Å². The molecular formula is C17H14FN3OS. The summed E-state index contributed by atoms with van der Waals surface area (Å²) in [6.45, 7) is 0. The van der Waals surface area contributed by atoms with Gasteiger partial charge in [-0.1, -0.05) is 12.1 Å². The van der Waals surface area contributed by atoms with Crippen LogP contribution in [0.3, 0.4) is 0 Å². The number of pyridine rings is 1. The van der Waals surface area contributed by atoms with Crippen LogP contribution in [-0.4, -0.2) is 15.9 Å². The fourth-order valence-corrected chi connectivity index (χ4v) is 2.88. The van der Waals surface area contributed by atoms with E-state index in [1.165, 1.54) is 23.5 Å². The first kappa shape index (κ1) is 15.3. The van der Waals surface area contributed by atoms with E-state index in [-0.39, 0.29) is 18.0 Å². The van der Waals surface area contributed by atoms with E-state index < -0.39 is 5.82 Å². The highest BCUT2D eigenvalue weighted by Crippen LogP contribution is 2.22. The van der Waals surface area contributed by atoms with Crippen LogP contribution < -0.4 is 5.32 Å². The van der Waals surface area contributed by atoms with Crippen LogP contribution in [0.2, 0.25) is 0 Å². The van der Waals surface area contributed by atoms with Crippen LogP contribution in [0.5, 0.6) is 0 Å². The second-order valence-corrected chi connectivity index (χ2v) is 5.83. The van der Waals surface area contributed by atoms with Gasteiger partial charge in [-0.25, -0.2) is 9.37 Å². The van der Waals surface area contributed by atoms with Gasteiger partial charge in [0.1, 0.15) is 5.82 Å². The minimum absolute atomic E-state index is 0.203. The molecule has 0 aliphatic rings. The predicted molar refractivity (Wildman–Crippen MR) is 88.7 cm³/mol. The monoisotopic (exact) mass is 327 g/mol. The molecule has 1 aromatic carbocycles. The number of halogens is 1. The molecule has 0 saturated heterocycles. The van der Waals surface area contributed by atoms with Gasteiger partial charge in [0.15, 0.2) is 0 Å². The molecule has 0 spiro atoms. The number of para-hydroxylation sites is 1. The lowest BCUT2D eigenvalue weighted by Gasteiger charge is -2.05. The van der Waals surface area contributed by atoms with Crippen molar-refractivity contribution in [2.24, 2.45) is 0 Å². The topological polar surface area (TPSA) is 54.9 Å². The molecule has 0 atom stereocenters. The zero-order valence-electron chi connectivity index (χ0n) is 12.2. The lowest BCUT2D eigenvalue weighted by atomic mass is 10.2. The van der Waals surface area contributed by atoms with E-state index in [9.17, 15) is 9.18 Å². The summed E-state index contributed by atoms with van der Waals surface area (Å²) in [5.74, 6) is -0.661. The first-order valence-electron chi connectivity index (χ1n) is 7.11. The summed E-state index contributed by atoms with van der Waals surface area (Å²) in [5.41, 5.74) is 2.08. The van der Waals surface area contributed by atoms with E-state index in [0.29, 0.717) is 6.42 Å². The number of carbonyl (C=O) groups is 1. The molecule has 1 amide bonds. The number of nitrogens with zero attached hydrogens (tertiary/aromatic N) is 2. The van der Waals surface area contributed by atoms with Gasteiger partial charge in [-0.3, -0.25) is 9.78 Å². The molecule has 1 N–H and O–H groups in total. The molecule has 0 unspecified atom stereocenters. The Morgan fingerprint density at radius 3 is 2.74 bits per heavy atom. The highest BCUT2D eigenvalue weighted by molar-refractivity contribution is 7.09. The van der Waals surface area contributed by atoms with E-state index in [2.05, 4.69) is 15.3 Å². The Labute approximate surface area is 137 Å². The normalized spacial score (nSPS) is 10.5. The molecule has 0 bridgehead atoms. The molecule has 0 saturated carbocycles. The van der Waals surface area contributed by atoms with Crippen molar-refractivity contribution in [1.82, 2.24) is 9.97 Å². The van der Waals surface area contributed by atoms with E-state index >= 15 is 0 Å². The number of benzene rings is 1. The van der Waals surface area contributed by atoms with Gasteiger partial charge in [-0.2, -0.15) is 0 Å². The number of aryl methyl sites for hydroxylation is 1. The first-order chi connectivity index (χ1) is 11.2. The number of rotatable bonds is 5. The molecule has 0 aliphatic carbocycles. The Morgan fingerprint density at radius 1 is 1.17 bits per heavy atom. The lowest BCUT2D eigenvalue weighted by Crippen LogP contribution is -2.13. The smallest absolute Gasteiger partial charge is 0.224 e. The Hall–Kier alpha value is -2.60. The zero-order chi connectivity index (χ0) is 16.1. The second kappa shape index (κ2) is 7.11. The van der Waals surface area contributed by atoms with E-state index in [1.54, 1.807) is 24.5 Å². The summed E-state index contributed by atoms with van der Waals surface area (Å²) in [6, 6.07) is 9.91. The summed E-state index contributed by atoms with van der Waals surface area (Å²) in [7, 11) is 0. The fourth-order valence-electron chi connectivity index (χ4n) is 2.08. The van der Waals surface area contributed by atoms with Crippen molar-refractivity contribution in [3.05, 3.63) is 65.0 Å². The Morgan fingerprint density at radius 2 is 1.96 bits per heavy atom. The predicted octanol–water partition coefficient (Wildman–Crippen LogP) is 3.92. The number of aromatic nitrogens is 2. The summed E-state index contributed by atoms with van der Waals surface area (Å²) in [4.78, 5) is 20.4. The van der Waals surface area contributed by atoms with Crippen molar-refractivity contribution < 1.29 is 9.18 Å². The van der Waals surface area contributed by atoms with Crippen LogP contribution in [0.4, 0.5) is 10.1 Å². The number of anilines is 1. The molecule has 23 heavy (non-hydrogen) atoms. The number of carbonyl (C=O) groups excluding carboxylic acids is 1. The highest BCUT2D eigenvalue weighted by Gasteiger charge is 2.09. The van der Waals surface area contributed by atoms with Crippen LogP contribution in [-0.2, 0) is 11.2 Å². The maximum absolute atomic E-state index is 13.5. The zero-order valence-corrected chi connectivity index (χ0v) is 13.0.